The molecular weight excluding hydrogens is 402 g/mol. The predicted molar refractivity (Wildman–Crippen MR) is 118 cm³/mol. The summed E-state index contributed by atoms with van der Waals surface area (Å²) in [4.78, 5) is 24.9. The molecule has 2 rings (SSSR count). The number of hydrogen-bond acceptors (Lipinski definition) is 4. The second-order valence-corrected chi connectivity index (χ2v) is 9.54. The first kappa shape index (κ1) is 21.6. The van der Waals surface area contributed by atoms with Crippen LogP contribution < -0.4 is 16.0 Å². The number of thiophene rings is 1. The topological polar surface area (TPSA) is 70.2 Å². The standard InChI is InChI=1S/C19H24ClN3O2S2/c1-10(2)9-13(24)22-18(26)21-12-8-6-7-11-14(20)16(27-15(11)12)17(25)23-19(3,4)5/h6-8,10H,9H2,1-5H3,(H,23,25)(H2,21,22,24,26). The maximum Gasteiger partial charge on any atom is 0.263 e. The van der Waals surface area contributed by atoms with Crippen LogP contribution in [0.2, 0.25) is 5.02 Å². The Hall–Kier alpha value is -1.70. The van der Waals surface area contributed by atoms with Crippen molar-refractivity contribution in [2.45, 2.75) is 46.6 Å². The molecule has 0 saturated carbocycles. The average molecular weight is 426 g/mol. The van der Waals surface area contributed by atoms with Crippen LogP contribution in [0.3, 0.4) is 0 Å². The highest BCUT2D eigenvalue weighted by molar-refractivity contribution is 7.80. The monoisotopic (exact) mass is 425 g/mol. The summed E-state index contributed by atoms with van der Waals surface area (Å²) in [5, 5.41) is 10.0. The first-order chi connectivity index (χ1) is 12.5. The van der Waals surface area contributed by atoms with E-state index in [-0.39, 0.29) is 28.4 Å². The molecule has 3 N–H and O–H groups in total. The van der Waals surface area contributed by atoms with Crippen molar-refractivity contribution in [3.63, 3.8) is 0 Å². The minimum atomic E-state index is -0.361. The van der Waals surface area contributed by atoms with Gasteiger partial charge in [0.25, 0.3) is 5.91 Å². The van der Waals surface area contributed by atoms with E-state index < -0.39 is 0 Å². The molecule has 0 saturated heterocycles. The number of nitrogens with one attached hydrogen (secondary N) is 3. The van der Waals surface area contributed by atoms with Crippen molar-refractivity contribution in [2.24, 2.45) is 5.92 Å². The van der Waals surface area contributed by atoms with Crippen LogP contribution in [0.5, 0.6) is 0 Å². The molecule has 146 valence electrons. The molecule has 0 bridgehead atoms. The van der Waals surface area contributed by atoms with Gasteiger partial charge in [-0.15, -0.1) is 11.3 Å². The summed E-state index contributed by atoms with van der Waals surface area (Å²) >= 11 is 13.0. The lowest BCUT2D eigenvalue weighted by Gasteiger charge is -2.19. The van der Waals surface area contributed by atoms with Crippen molar-refractivity contribution in [3.8, 4) is 0 Å². The Morgan fingerprint density at radius 1 is 1.26 bits per heavy atom. The molecule has 2 aromatic rings. The van der Waals surface area contributed by atoms with E-state index in [9.17, 15) is 9.59 Å². The van der Waals surface area contributed by atoms with Crippen LogP contribution in [-0.4, -0.2) is 22.5 Å². The van der Waals surface area contributed by atoms with Gasteiger partial charge in [0.05, 0.1) is 15.4 Å². The lowest BCUT2D eigenvalue weighted by molar-refractivity contribution is -0.120. The molecule has 1 heterocycles. The summed E-state index contributed by atoms with van der Waals surface area (Å²) in [7, 11) is 0. The molecule has 0 fully saturated rings. The van der Waals surface area contributed by atoms with E-state index in [4.69, 9.17) is 23.8 Å². The van der Waals surface area contributed by atoms with E-state index in [1.54, 1.807) is 0 Å². The number of anilines is 1. The van der Waals surface area contributed by atoms with Crippen LogP contribution in [0, 0.1) is 5.92 Å². The van der Waals surface area contributed by atoms with Gasteiger partial charge in [-0.2, -0.15) is 0 Å². The van der Waals surface area contributed by atoms with Gasteiger partial charge in [-0.3, -0.25) is 9.59 Å². The van der Waals surface area contributed by atoms with Crippen molar-refractivity contribution in [1.29, 1.82) is 0 Å². The number of benzene rings is 1. The lowest BCUT2D eigenvalue weighted by Crippen LogP contribution is -2.40. The lowest BCUT2D eigenvalue weighted by atomic mass is 10.1. The molecule has 8 heteroatoms. The third kappa shape index (κ3) is 5.89. The number of rotatable bonds is 4. The molecule has 0 atom stereocenters. The minimum Gasteiger partial charge on any atom is -0.347 e. The van der Waals surface area contributed by atoms with E-state index in [0.29, 0.717) is 22.0 Å². The molecule has 27 heavy (non-hydrogen) atoms. The Morgan fingerprint density at radius 2 is 1.93 bits per heavy atom. The zero-order valence-corrected chi connectivity index (χ0v) is 18.4. The number of thiocarbonyl (C=S) groups is 1. The Labute approximate surface area is 173 Å². The maximum absolute atomic E-state index is 12.5. The summed E-state index contributed by atoms with van der Waals surface area (Å²) in [5.41, 5.74) is 0.337. The van der Waals surface area contributed by atoms with Gasteiger partial charge in [-0.25, -0.2) is 0 Å². The third-order valence-corrected chi connectivity index (χ3v) is 5.39. The quantitative estimate of drug-likeness (QED) is 0.606. The molecule has 0 spiro atoms. The fraction of sp³-hybridized carbons (Fsp3) is 0.421. The molecular formula is C19H24ClN3O2S2. The van der Waals surface area contributed by atoms with Gasteiger partial charge in [0.15, 0.2) is 5.11 Å². The number of fused-ring (bicyclic) bond motifs is 1. The van der Waals surface area contributed by atoms with E-state index in [2.05, 4.69) is 16.0 Å². The Bertz CT molecular complexity index is 885. The van der Waals surface area contributed by atoms with Crippen LogP contribution in [0.4, 0.5) is 5.69 Å². The smallest absolute Gasteiger partial charge is 0.263 e. The summed E-state index contributed by atoms with van der Waals surface area (Å²) in [6.45, 7) is 9.68. The Morgan fingerprint density at radius 3 is 2.52 bits per heavy atom. The van der Waals surface area contributed by atoms with Crippen molar-refractivity contribution >= 4 is 67.9 Å². The van der Waals surface area contributed by atoms with Crippen LogP contribution in [0.1, 0.15) is 50.7 Å². The van der Waals surface area contributed by atoms with E-state index in [0.717, 1.165) is 10.1 Å². The summed E-state index contributed by atoms with van der Waals surface area (Å²) in [6, 6.07) is 5.52. The minimum absolute atomic E-state index is 0.135. The first-order valence-corrected chi connectivity index (χ1v) is 10.2. The fourth-order valence-electron chi connectivity index (χ4n) is 2.43. The van der Waals surface area contributed by atoms with Crippen molar-refractivity contribution in [2.75, 3.05) is 5.32 Å². The molecule has 1 aromatic heterocycles. The second kappa shape index (κ2) is 8.54. The number of hydrogen-bond donors (Lipinski definition) is 3. The molecule has 0 aliphatic heterocycles. The second-order valence-electron chi connectivity index (χ2n) is 7.73. The summed E-state index contributed by atoms with van der Waals surface area (Å²) < 4.78 is 0.807. The fourth-order valence-corrected chi connectivity index (χ4v) is 4.13. The zero-order valence-electron chi connectivity index (χ0n) is 16.0. The maximum atomic E-state index is 12.5. The van der Waals surface area contributed by atoms with E-state index >= 15 is 0 Å². The molecule has 0 radical (unpaired) electrons. The molecule has 0 aliphatic rings. The van der Waals surface area contributed by atoms with Gasteiger partial charge in [-0.05, 0) is 45.0 Å². The molecule has 2 amide bonds. The highest BCUT2D eigenvalue weighted by Gasteiger charge is 2.22. The molecule has 5 nitrogen and oxygen atoms in total. The summed E-state index contributed by atoms with van der Waals surface area (Å²) in [5.74, 6) is -0.104. The van der Waals surface area contributed by atoms with E-state index in [1.165, 1.54) is 11.3 Å². The van der Waals surface area contributed by atoms with Crippen molar-refractivity contribution < 1.29 is 9.59 Å². The number of carbonyl (C=O) groups excluding carboxylic acids is 2. The summed E-state index contributed by atoms with van der Waals surface area (Å²) in [6.07, 6.45) is 0.397. The highest BCUT2D eigenvalue weighted by atomic mass is 35.5. The number of carbonyl (C=O) groups is 2. The van der Waals surface area contributed by atoms with Crippen molar-refractivity contribution in [1.82, 2.24) is 10.6 Å². The first-order valence-electron chi connectivity index (χ1n) is 8.62. The zero-order chi connectivity index (χ0) is 20.4. The van der Waals surface area contributed by atoms with Gasteiger partial charge in [0.1, 0.15) is 4.88 Å². The highest BCUT2D eigenvalue weighted by Crippen LogP contribution is 2.39. The molecule has 0 unspecified atom stereocenters. The van der Waals surface area contributed by atoms with Crippen molar-refractivity contribution in [3.05, 3.63) is 28.1 Å². The van der Waals surface area contributed by atoms with Gasteiger partial charge in [0, 0.05) is 17.3 Å². The predicted octanol–water partition coefficient (Wildman–Crippen LogP) is 4.94. The van der Waals surface area contributed by atoms with Gasteiger partial charge in [0.2, 0.25) is 5.91 Å². The van der Waals surface area contributed by atoms with Crippen LogP contribution in [0.25, 0.3) is 10.1 Å². The Kier molecular flexibility index (Phi) is 6.83. The SMILES string of the molecule is CC(C)CC(=O)NC(=S)Nc1cccc2c(Cl)c(C(=O)NC(C)(C)C)sc12. The van der Waals surface area contributed by atoms with Crippen LogP contribution in [-0.2, 0) is 4.79 Å². The average Bonchev–Trinajstić information content (AvgIpc) is 2.83. The molecule has 1 aromatic carbocycles. The van der Waals surface area contributed by atoms with Crippen LogP contribution in [0.15, 0.2) is 18.2 Å². The largest absolute Gasteiger partial charge is 0.347 e. The Balaban J connectivity index is 2.26. The number of halogens is 1. The number of amides is 2. The van der Waals surface area contributed by atoms with Gasteiger partial charge < -0.3 is 16.0 Å². The third-order valence-electron chi connectivity index (χ3n) is 3.44. The van der Waals surface area contributed by atoms with Crippen LogP contribution >= 0.6 is 35.2 Å². The van der Waals surface area contributed by atoms with E-state index in [1.807, 2.05) is 52.8 Å². The van der Waals surface area contributed by atoms with Gasteiger partial charge in [-0.1, -0.05) is 37.6 Å². The molecule has 0 aliphatic carbocycles. The normalized spacial score (nSPS) is 11.5. The van der Waals surface area contributed by atoms with Gasteiger partial charge >= 0.3 is 0 Å².